The molecule has 0 bridgehead atoms. The lowest BCUT2D eigenvalue weighted by Gasteiger charge is -2.54. The molecule has 2 aromatic rings. The highest BCUT2D eigenvalue weighted by atomic mass is 16.6. The van der Waals surface area contributed by atoms with E-state index in [1.165, 1.54) is 22.3 Å². The third-order valence-electron chi connectivity index (χ3n) is 9.56. The number of rotatable bonds is 6. The molecular formula is C35H50N2O4. The topological polar surface area (TPSA) is 105 Å². The Morgan fingerprint density at radius 2 is 0.854 bits per heavy atom. The first-order valence-corrected chi connectivity index (χ1v) is 15.4. The minimum atomic E-state index is -0.691. The zero-order chi connectivity index (χ0) is 30.0. The Bertz CT molecular complexity index is 1110. The van der Waals surface area contributed by atoms with E-state index in [4.69, 9.17) is 20.9 Å². The van der Waals surface area contributed by atoms with Crippen LogP contribution < -0.4 is 11.5 Å². The largest absolute Gasteiger partial charge is 0.446 e. The van der Waals surface area contributed by atoms with Gasteiger partial charge in [0.15, 0.2) is 0 Å². The molecular weight excluding hydrogens is 512 g/mol. The van der Waals surface area contributed by atoms with Gasteiger partial charge in [0.2, 0.25) is 0 Å². The Kier molecular flexibility index (Phi) is 9.10. The van der Waals surface area contributed by atoms with Crippen molar-refractivity contribution in [3.63, 3.8) is 0 Å². The summed E-state index contributed by atoms with van der Waals surface area (Å²) < 4.78 is 11.0. The number of benzene rings is 2. The molecule has 0 heterocycles. The zero-order valence-corrected chi connectivity index (χ0v) is 25.9. The molecule has 2 aliphatic rings. The number of hydrogen-bond donors (Lipinski definition) is 2. The van der Waals surface area contributed by atoms with Gasteiger partial charge >= 0.3 is 12.2 Å². The van der Waals surface area contributed by atoms with Gasteiger partial charge in [-0.1, -0.05) is 90.1 Å². The second-order valence-corrected chi connectivity index (χ2v) is 14.3. The van der Waals surface area contributed by atoms with Crippen molar-refractivity contribution in [2.24, 2.45) is 23.3 Å². The number of nitrogens with two attached hydrogens (primary N) is 2. The summed E-state index contributed by atoms with van der Waals surface area (Å²) in [6, 6.07) is 18.1. The maximum atomic E-state index is 11.6. The van der Waals surface area contributed by atoms with Gasteiger partial charge < -0.3 is 20.9 Å². The fourth-order valence-electron chi connectivity index (χ4n) is 7.95. The second-order valence-electron chi connectivity index (χ2n) is 14.3. The first kappa shape index (κ1) is 30.9. The van der Waals surface area contributed by atoms with Gasteiger partial charge in [-0.05, 0) is 96.3 Å². The van der Waals surface area contributed by atoms with E-state index < -0.39 is 12.2 Å². The normalized spacial score (nSPS) is 24.0. The van der Waals surface area contributed by atoms with Gasteiger partial charge in [-0.3, -0.25) is 0 Å². The van der Waals surface area contributed by atoms with Crippen molar-refractivity contribution in [1.29, 1.82) is 0 Å². The summed E-state index contributed by atoms with van der Waals surface area (Å²) in [6.07, 6.45) is 5.27. The molecule has 41 heavy (non-hydrogen) atoms. The molecule has 0 atom stereocenters. The zero-order valence-electron chi connectivity index (χ0n) is 25.9. The number of hydrogen-bond acceptors (Lipinski definition) is 4. The average Bonchev–Trinajstić information content (AvgIpc) is 2.90. The van der Waals surface area contributed by atoms with Gasteiger partial charge in [0.05, 0.1) is 0 Å². The minimum absolute atomic E-state index is 0.0584. The Morgan fingerprint density at radius 1 is 0.561 bits per heavy atom. The third kappa shape index (κ3) is 6.57. The Balaban J connectivity index is 1.97. The highest BCUT2D eigenvalue weighted by molar-refractivity contribution is 5.65. The maximum Gasteiger partial charge on any atom is 0.404 e. The molecule has 2 fully saturated rings. The summed E-state index contributed by atoms with van der Waals surface area (Å²) in [6.45, 7) is 13.8. The molecule has 6 nitrogen and oxygen atoms in total. The molecule has 0 aromatic heterocycles. The van der Waals surface area contributed by atoms with E-state index in [9.17, 15) is 9.59 Å². The van der Waals surface area contributed by atoms with Crippen LogP contribution in [0.3, 0.4) is 0 Å². The number of carbonyl (C=O) groups excluding carboxylic acids is 2. The minimum Gasteiger partial charge on any atom is -0.446 e. The van der Waals surface area contributed by atoms with Crippen LogP contribution in [0.2, 0.25) is 0 Å². The summed E-state index contributed by atoms with van der Waals surface area (Å²) >= 11 is 0. The predicted octanol–water partition coefficient (Wildman–Crippen LogP) is 7.88. The van der Waals surface area contributed by atoms with Crippen molar-refractivity contribution in [3.8, 4) is 0 Å². The lowest BCUT2D eigenvalue weighted by Crippen LogP contribution is -2.50. The second kappa shape index (κ2) is 12.1. The van der Waals surface area contributed by atoms with Crippen LogP contribution in [0.25, 0.3) is 0 Å². The lowest BCUT2D eigenvalue weighted by atomic mass is 9.50. The summed E-state index contributed by atoms with van der Waals surface area (Å²) in [5.41, 5.74) is 16.0. The summed E-state index contributed by atoms with van der Waals surface area (Å²) in [5.74, 6) is 0.668. The van der Waals surface area contributed by atoms with E-state index in [2.05, 4.69) is 90.1 Å². The standard InChI is InChI=1S/C35H50N2O4/c1-33(2,3)27-11-7-9-13-29(27)35(23-15-19-25(20-16-23)40-31(36)38,24-17-21-26(22-18-24)41-32(37)39)30-14-10-8-12-28(30)34(4,5)6/h7-14,23-26H,15-22H2,1-6H3,(H2,36,38)(H2,37,39). The maximum absolute atomic E-state index is 11.6. The van der Waals surface area contributed by atoms with Gasteiger partial charge in [-0.15, -0.1) is 0 Å². The van der Waals surface area contributed by atoms with E-state index in [-0.39, 0.29) is 28.5 Å². The molecule has 2 aliphatic carbocycles. The molecule has 4 N–H and O–H groups in total. The van der Waals surface area contributed by atoms with Gasteiger partial charge in [-0.2, -0.15) is 0 Å². The van der Waals surface area contributed by atoms with Crippen molar-refractivity contribution < 1.29 is 19.1 Å². The number of carbonyl (C=O) groups is 2. The summed E-state index contributed by atoms with van der Waals surface area (Å²) in [7, 11) is 0. The first-order chi connectivity index (χ1) is 19.2. The van der Waals surface area contributed by atoms with Crippen LogP contribution in [-0.4, -0.2) is 24.4 Å². The number of ether oxygens (including phenoxy) is 2. The van der Waals surface area contributed by atoms with Crippen LogP contribution in [0.1, 0.15) is 115 Å². The SMILES string of the molecule is CC(C)(C)c1ccccc1C(c1ccccc1C(C)(C)C)(C1CCC(OC(N)=O)CC1)C1CCC(OC(N)=O)CC1. The van der Waals surface area contributed by atoms with Crippen LogP contribution in [0.5, 0.6) is 0 Å². The molecule has 2 aromatic carbocycles. The molecule has 2 amide bonds. The van der Waals surface area contributed by atoms with Gasteiger partial charge in [0.25, 0.3) is 0 Å². The molecule has 0 unspecified atom stereocenters. The van der Waals surface area contributed by atoms with E-state index in [1.54, 1.807) is 0 Å². The molecule has 0 spiro atoms. The summed E-state index contributed by atoms with van der Waals surface area (Å²) in [4.78, 5) is 23.2. The van der Waals surface area contributed by atoms with Gasteiger partial charge in [0.1, 0.15) is 12.2 Å². The van der Waals surface area contributed by atoms with Crippen molar-refractivity contribution in [3.05, 3.63) is 70.8 Å². The van der Waals surface area contributed by atoms with Crippen molar-refractivity contribution in [1.82, 2.24) is 0 Å². The Hall–Kier alpha value is -3.02. The smallest absolute Gasteiger partial charge is 0.404 e. The highest BCUT2D eigenvalue weighted by Gasteiger charge is 2.52. The number of amides is 2. The monoisotopic (exact) mass is 562 g/mol. The highest BCUT2D eigenvalue weighted by Crippen LogP contribution is 2.58. The quantitative estimate of drug-likeness (QED) is 0.374. The molecule has 4 rings (SSSR count). The molecule has 2 saturated carbocycles. The summed E-state index contributed by atoms with van der Waals surface area (Å²) in [5, 5.41) is 0. The fraction of sp³-hybridized carbons (Fsp3) is 0.600. The Labute approximate surface area is 246 Å². The molecule has 6 heteroatoms. The fourth-order valence-corrected chi connectivity index (χ4v) is 7.95. The van der Waals surface area contributed by atoms with E-state index >= 15 is 0 Å². The Morgan fingerprint density at radius 3 is 1.12 bits per heavy atom. The third-order valence-corrected chi connectivity index (χ3v) is 9.56. The molecule has 224 valence electrons. The molecule has 0 radical (unpaired) electrons. The van der Waals surface area contributed by atoms with Crippen LogP contribution >= 0.6 is 0 Å². The van der Waals surface area contributed by atoms with Crippen molar-refractivity contribution in [2.75, 3.05) is 0 Å². The van der Waals surface area contributed by atoms with Crippen molar-refractivity contribution in [2.45, 2.75) is 121 Å². The predicted molar refractivity (Wildman–Crippen MR) is 164 cm³/mol. The van der Waals surface area contributed by atoms with E-state index in [0.29, 0.717) is 11.8 Å². The van der Waals surface area contributed by atoms with Crippen LogP contribution in [-0.2, 0) is 25.7 Å². The first-order valence-electron chi connectivity index (χ1n) is 15.4. The van der Waals surface area contributed by atoms with E-state index in [0.717, 1.165) is 51.4 Å². The van der Waals surface area contributed by atoms with Gasteiger partial charge in [0, 0.05) is 5.41 Å². The van der Waals surface area contributed by atoms with Gasteiger partial charge in [-0.25, -0.2) is 9.59 Å². The molecule has 0 aliphatic heterocycles. The van der Waals surface area contributed by atoms with Crippen LogP contribution in [0.4, 0.5) is 9.59 Å². The van der Waals surface area contributed by atoms with Crippen LogP contribution in [0, 0.1) is 11.8 Å². The van der Waals surface area contributed by atoms with Crippen molar-refractivity contribution >= 4 is 12.2 Å². The lowest BCUT2D eigenvalue weighted by molar-refractivity contribution is 0.0270. The van der Waals surface area contributed by atoms with E-state index in [1.807, 2.05) is 0 Å². The number of primary amides is 2. The van der Waals surface area contributed by atoms with Crippen LogP contribution in [0.15, 0.2) is 48.5 Å². The average molecular weight is 563 g/mol. The molecule has 0 saturated heterocycles.